The third-order valence-corrected chi connectivity index (χ3v) is 3.16. The van der Waals surface area contributed by atoms with E-state index in [9.17, 15) is 9.59 Å². The minimum atomic E-state index is -0.350. The number of nitrogens with two attached hydrogens (primary N) is 2. The topological polar surface area (TPSA) is 102 Å². The Kier molecular flexibility index (Phi) is 3.57. The molecule has 1 saturated heterocycles. The molecular formula is C12H16N4O2. The zero-order chi connectivity index (χ0) is 13.1. The summed E-state index contributed by atoms with van der Waals surface area (Å²) in [6, 6.07) is 3.43. The van der Waals surface area contributed by atoms with E-state index in [-0.39, 0.29) is 17.7 Å². The van der Waals surface area contributed by atoms with Gasteiger partial charge in [-0.3, -0.25) is 14.6 Å². The molecule has 4 N–H and O–H groups in total. The summed E-state index contributed by atoms with van der Waals surface area (Å²) < 4.78 is 0. The number of aromatic nitrogens is 1. The molecule has 0 radical (unpaired) electrons. The van der Waals surface area contributed by atoms with Gasteiger partial charge in [0.1, 0.15) is 5.69 Å². The summed E-state index contributed by atoms with van der Waals surface area (Å²) in [7, 11) is 0. The Morgan fingerprint density at radius 1 is 1.44 bits per heavy atom. The Balaban J connectivity index is 2.05. The van der Waals surface area contributed by atoms with Gasteiger partial charge in [0, 0.05) is 25.8 Å². The summed E-state index contributed by atoms with van der Waals surface area (Å²) in [4.78, 5) is 28.8. The fraction of sp³-hybridized carbons (Fsp3) is 0.417. The van der Waals surface area contributed by atoms with Crippen molar-refractivity contribution in [2.45, 2.75) is 13.0 Å². The van der Waals surface area contributed by atoms with Crippen molar-refractivity contribution < 1.29 is 9.59 Å². The largest absolute Gasteiger partial charge is 0.369 e. The number of likely N-dealkylation sites (tertiary alicyclic amines) is 1. The lowest BCUT2D eigenvalue weighted by Crippen LogP contribution is -2.32. The van der Waals surface area contributed by atoms with E-state index >= 15 is 0 Å². The molecule has 1 aromatic heterocycles. The summed E-state index contributed by atoms with van der Waals surface area (Å²) in [5.41, 5.74) is 11.9. The van der Waals surface area contributed by atoms with Gasteiger partial charge in [0.2, 0.25) is 5.91 Å². The first kappa shape index (κ1) is 12.5. The molecule has 2 amide bonds. The van der Waals surface area contributed by atoms with Gasteiger partial charge in [-0.1, -0.05) is 6.07 Å². The molecule has 2 heterocycles. The van der Waals surface area contributed by atoms with Gasteiger partial charge in [-0.2, -0.15) is 0 Å². The Bertz CT molecular complexity index is 458. The number of rotatable bonds is 3. The van der Waals surface area contributed by atoms with Crippen molar-refractivity contribution in [1.82, 2.24) is 9.88 Å². The smallest absolute Gasteiger partial charge is 0.272 e. The molecule has 0 aliphatic carbocycles. The maximum Gasteiger partial charge on any atom is 0.272 e. The SMILES string of the molecule is NCc1ccc(C(=O)N2CCC(C(N)=O)C2)nc1. The second-order valence-corrected chi connectivity index (χ2v) is 4.39. The number of nitrogens with zero attached hydrogens (tertiary/aromatic N) is 2. The van der Waals surface area contributed by atoms with Crippen molar-refractivity contribution in [3.63, 3.8) is 0 Å². The van der Waals surface area contributed by atoms with Gasteiger partial charge < -0.3 is 16.4 Å². The van der Waals surface area contributed by atoms with Crippen LogP contribution in [-0.4, -0.2) is 34.8 Å². The van der Waals surface area contributed by atoms with Gasteiger partial charge in [0.25, 0.3) is 5.91 Å². The highest BCUT2D eigenvalue weighted by Gasteiger charge is 2.30. The lowest BCUT2D eigenvalue weighted by atomic mass is 10.1. The van der Waals surface area contributed by atoms with E-state index in [2.05, 4.69) is 4.98 Å². The molecule has 6 nitrogen and oxygen atoms in total. The molecule has 1 aliphatic rings. The number of pyridine rings is 1. The lowest BCUT2D eigenvalue weighted by Gasteiger charge is -2.15. The molecule has 6 heteroatoms. The highest BCUT2D eigenvalue weighted by molar-refractivity contribution is 5.93. The molecule has 96 valence electrons. The van der Waals surface area contributed by atoms with E-state index < -0.39 is 0 Å². The number of carbonyl (C=O) groups excluding carboxylic acids is 2. The first-order chi connectivity index (χ1) is 8.61. The highest BCUT2D eigenvalue weighted by atomic mass is 16.2. The molecule has 18 heavy (non-hydrogen) atoms. The fourth-order valence-corrected chi connectivity index (χ4v) is 2.01. The van der Waals surface area contributed by atoms with Gasteiger partial charge in [-0.25, -0.2) is 0 Å². The number of amides is 2. The molecule has 1 aromatic rings. The maximum atomic E-state index is 12.1. The zero-order valence-corrected chi connectivity index (χ0v) is 10.0. The number of carbonyl (C=O) groups is 2. The predicted octanol–water partition coefficient (Wildman–Crippen LogP) is -0.512. The standard InChI is InChI=1S/C12H16N4O2/c13-5-8-1-2-10(15-6-8)12(18)16-4-3-9(7-16)11(14)17/h1-2,6,9H,3-5,7,13H2,(H2,14,17). The van der Waals surface area contributed by atoms with Crippen LogP contribution in [0.1, 0.15) is 22.5 Å². The van der Waals surface area contributed by atoms with Gasteiger partial charge in [0.15, 0.2) is 0 Å². The fourth-order valence-electron chi connectivity index (χ4n) is 2.01. The quantitative estimate of drug-likeness (QED) is 0.751. The van der Waals surface area contributed by atoms with Crippen molar-refractivity contribution >= 4 is 11.8 Å². The summed E-state index contributed by atoms with van der Waals surface area (Å²) in [5, 5.41) is 0. The van der Waals surface area contributed by atoms with Crippen LogP contribution in [0.5, 0.6) is 0 Å². The Morgan fingerprint density at radius 3 is 2.72 bits per heavy atom. The average molecular weight is 248 g/mol. The summed E-state index contributed by atoms with van der Waals surface area (Å²) in [6.07, 6.45) is 2.22. The first-order valence-electron chi connectivity index (χ1n) is 5.85. The molecule has 2 rings (SSSR count). The first-order valence-corrected chi connectivity index (χ1v) is 5.85. The van der Waals surface area contributed by atoms with Gasteiger partial charge in [-0.15, -0.1) is 0 Å². The van der Waals surface area contributed by atoms with Crippen LogP contribution in [0.3, 0.4) is 0 Å². The Morgan fingerprint density at radius 2 is 2.22 bits per heavy atom. The number of hydrogen-bond acceptors (Lipinski definition) is 4. The molecule has 0 bridgehead atoms. The van der Waals surface area contributed by atoms with Crippen LogP contribution in [0.2, 0.25) is 0 Å². The van der Waals surface area contributed by atoms with E-state index in [0.29, 0.717) is 31.7 Å². The molecular weight excluding hydrogens is 232 g/mol. The number of hydrogen-bond donors (Lipinski definition) is 2. The Labute approximate surface area is 105 Å². The second-order valence-electron chi connectivity index (χ2n) is 4.39. The monoisotopic (exact) mass is 248 g/mol. The van der Waals surface area contributed by atoms with E-state index in [1.54, 1.807) is 23.2 Å². The van der Waals surface area contributed by atoms with Crippen molar-refractivity contribution in [3.05, 3.63) is 29.6 Å². The van der Waals surface area contributed by atoms with Crippen LogP contribution in [0.25, 0.3) is 0 Å². The van der Waals surface area contributed by atoms with Gasteiger partial charge in [-0.05, 0) is 18.1 Å². The summed E-state index contributed by atoms with van der Waals surface area (Å²) in [6.45, 7) is 1.33. The minimum Gasteiger partial charge on any atom is -0.369 e. The zero-order valence-electron chi connectivity index (χ0n) is 10.0. The molecule has 1 unspecified atom stereocenters. The number of primary amides is 1. The third kappa shape index (κ3) is 2.48. The molecule has 1 fully saturated rings. The van der Waals surface area contributed by atoms with Crippen LogP contribution >= 0.6 is 0 Å². The summed E-state index contributed by atoms with van der Waals surface area (Å²) >= 11 is 0. The molecule has 0 aromatic carbocycles. The van der Waals surface area contributed by atoms with E-state index in [1.807, 2.05) is 0 Å². The normalized spacial score (nSPS) is 18.9. The van der Waals surface area contributed by atoms with Crippen LogP contribution < -0.4 is 11.5 Å². The van der Waals surface area contributed by atoms with Crippen molar-refractivity contribution in [1.29, 1.82) is 0 Å². The van der Waals surface area contributed by atoms with Crippen LogP contribution in [-0.2, 0) is 11.3 Å². The summed E-state index contributed by atoms with van der Waals surface area (Å²) in [5.74, 6) is -0.753. The Hall–Kier alpha value is -1.95. The van der Waals surface area contributed by atoms with Crippen molar-refractivity contribution in [3.8, 4) is 0 Å². The molecule has 1 aliphatic heterocycles. The van der Waals surface area contributed by atoms with E-state index in [0.717, 1.165) is 5.56 Å². The van der Waals surface area contributed by atoms with Gasteiger partial charge in [0.05, 0.1) is 5.92 Å². The van der Waals surface area contributed by atoms with E-state index in [1.165, 1.54) is 0 Å². The average Bonchev–Trinajstić information content (AvgIpc) is 2.88. The van der Waals surface area contributed by atoms with Crippen LogP contribution in [0.4, 0.5) is 0 Å². The van der Waals surface area contributed by atoms with Gasteiger partial charge >= 0.3 is 0 Å². The molecule has 1 atom stereocenters. The van der Waals surface area contributed by atoms with Crippen LogP contribution in [0.15, 0.2) is 18.3 Å². The third-order valence-electron chi connectivity index (χ3n) is 3.16. The predicted molar refractivity (Wildman–Crippen MR) is 65.3 cm³/mol. The van der Waals surface area contributed by atoms with Crippen LogP contribution in [0, 0.1) is 5.92 Å². The van der Waals surface area contributed by atoms with Crippen molar-refractivity contribution in [2.24, 2.45) is 17.4 Å². The maximum absolute atomic E-state index is 12.1. The minimum absolute atomic E-state index is 0.165. The second kappa shape index (κ2) is 5.14. The molecule has 0 spiro atoms. The highest BCUT2D eigenvalue weighted by Crippen LogP contribution is 2.17. The van der Waals surface area contributed by atoms with Crippen molar-refractivity contribution in [2.75, 3.05) is 13.1 Å². The molecule has 0 saturated carbocycles. The lowest BCUT2D eigenvalue weighted by molar-refractivity contribution is -0.121. The van der Waals surface area contributed by atoms with E-state index in [4.69, 9.17) is 11.5 Å².